The Bertz CT molecular complexity index is 1120. The van der Waals surface area contributed by atoms with Gasteiger partial charge in [-0.3, -0.25) is 4.79 Å². The lowest BCUT2D eigenvalue weighted by molar-refractivity contribution is -0.116. The van der Waals surface area contributed by atoms with E-state index in [1.165, 1.54) is 0 Å². The van der Waals surface area contributed by atoms with Gasteiger partial charge in [0.2, 0.25) is 5.91 Å². The van der Waals surface area contributed by atoms with E-state index in [9.17, 15) is 4.79 Å². The second-order valence-electron chi connectivity index (χ2n) is 8.69. The van der Waals surface area contributed by atoms with E-state index in [-0.39, 0.29) is 43.1 Å². The van der Waals surface area contributed by atoms with E-state index in [0.29, 0.717) is 35.7 Å². The molecule has 4 heterocycles. The van der Waals surface area contributed by atoms with Crippen molar-refractivity contribution in [2.75, 3.05) is 39.0 Å². The van der Waals surface area contributed by atoms with Crippen LogP contribution in [-0.2, 0) is 4.79 Å². The fraction of sp³-hybridized carbons (Fsp3) is 0.478. The molecular weight excluding hydrogens is 513 g/mol. The Hall–Kier alpha value is -2.17. The van der Waals surface area contributed by atoms with Gasteiger partial charge < -0.3 is 19.5 Å². The van der Waals surface area contributed by atoms with Gasteiger partial charge in [-0.1, -0.05) is 0 Å². The Labute approximate surface area is 224 Å². The normalized spacial score (nSPS) is 15.3. The monoisotopic (exact) mass is 545 g/mol. The lowest BCUT2D eigenvalue weighted by Crippen LogP contribution is -2.32. The highest BCUT2D eigenvalue weighted by atomic mass is 35.5. The van der Waals surface area contributed by atoms with Gasteiger partial charge in [-0.2, -0.15) is 5.10 Å². The molecule has 35 heavy (non-hydrogen) atoms. The number of carbonyl (C=O) groups is 1. The molecule has 3 aromatic heterocycles. The summed E-state index contributed by atoms with van der Waals surface area (Å²) >= 11 is 0. The maximum Gasteiger partial charge on any atom is 0.226 e. The highest BCUT2D eigenvalue weighted by Crippen LogP contribution is 2.23. The van der Waals surface area contributed by atoms with Crippen LogP contribution in [0.2, 0.25) is 0 Å². The number of halogens is 3. The van der Waals surface area contributed by atoms with Crippen molar-refractivity contribution in [3.8, 4) is 17.4 Å². The number of amides is 1. The zero-order chi connectivity index (χ0) is 22.8. The van der Waals surface area contributed by atoms with Gasteiger partial charge in [0, 0.05) is 37.3 Å². The molecule has 0 bridgehead atoms. The first-order valence-electron chi connectivity index (χ1n) is 11.0. The van der Waals surface area contributed by atoms with Gasteiger partial charge in [0.15, 0.2) is 17.4 Å². The van der Waals surface area contributed by atoms with Crippen LogP contribution in [0.15, 0.2) is 28.7 Å². The van der Waals surface area contributed by atoms with Crippen LogP contribution in [0.1, 0.15) is 30.0 Å². The second kappa shape index (κ2) is 13.2. The maximum atomic E-state index is 12.7. The Kier molecular flexibility index (Phi) is 11.7. The van der Waals surface area contributed by atoms with E-state index in [1.54, 1.807) is 10.7 Å². The number of rotatable bonds is 7. The molecule has 1 atom stereocenters. The minimum absolute atomic E-state index is 0. The molecule has 1 aliphatic rings. The van der Waals surface area contributed by atoms with E-state index in [0.717, 1.165) is 43.2 Å². The van der Waals surface area contributed by atoms with Gasteiger partial charge in [-0.15, -0.1) is 37.2 Å². The van der Waals surface area contributed by atoms with Gasteiger partial charge in [0.05, 0.1) is 5.69 Å². The summed E-state index contributed by atoms with van der Waals surface area (Å²) in [5, 5.41) is 7.47. The third-order valence-corrected chi connectivity index (χ3v) is 5.80. The average molecular weight is 547 g/mol. The summed E-state index contributed by atoms with van der Waals surface area (Å²) < 4.78 is 7.47. The van der Waals surface area contributed by atoms with E-state index in [1.807, 2.05) is 39.0 Å². The van der Waals surface area contributed by atoms with Crippen molar-refractivity contribution in [2.45, 2.75) is 39.7 Å². The van der Waals surface area contributed by atoms with Crippen LogP contribution in [-0.4, -0.2) is 75.2 Å². The summed E-state index contributed by atoms with van der Waals surface area (Å²) in [5.41, 5.74) is 1.84. The molecule has 0 aromatic carbocycles. The van der Waals surface area contributed by atoms with Crippen molar-refractivity contribution in [2.24, 2.45) is 0 Å². The number of nitrogens with one attached hydrogen (secondary N) is 1. The van der Waals surface area contributed by atoms with Crippen molar-refractivity contribution in [1.29, 1.82) is 0 Å². The molecule has 3 aromatic rings. The van der Waals surface area contributed by atoms with Crippen LogP contribution in [0.25, 0.3) is 17.4 Å². The summed E-state index contributed by atoms with van der Waals surface area (Å²) in [6.45, 7) is 8.52. The quantitative estimate of drug-likeness (QED) is 0.477. The van der Waals surface area contributed by atoms with Crippen LogP contribution in [0, 0.1) is 20.8 Å². The Morgan fingerprint density at radius 3 is 2.46 bits per heavy atom. The van der Waals surface area contributed by atoms with Crippen LogP contribution in [0.5, 0.6) is 0 Å². The molecule has 0 aliphatic carbocycles. The highest BCUT2D eigenvalue weighted by molar-refractivity contribution is 5.90. The predicted octanol–water partition coefficient (Wildman–Crippen LogP) is 4.08. The summed E-state index contributed by atoms with van der Waals surface area (Å²) in [6.07, 6.45) is 1.55. The molecule has 9 nitrogen and oxygen atoms in total. The van der Waals surface area contributed by atoms with Crippen LogP contribution < -0.4 is 5.32 Å². The average Bonchev–Trinajstić information content (AvgIpc) is 3.46. The molecular formula is C23H34Cl3N7O2. The number of aromatic nitrogens is 4. The lowest BCUT2D eigenvalue weighted by Gasteiger charge is -2.20. The zero-order valence-corrected chi connectivity index (χ0v) is 23.1. The number of likely N-dealkylation sites (tertiary alicyclic amines) is 1. The number of carbonyl (C=O) groups excluding carboxylic acids is 1. The fourth-order valence-corrected chi connectivity index (χ4v) is 4.03. The van der Waals surface area contributed by atoms with Gasteiger partial charge in [0.25, 0.3) is 0 Å². The van der Waals surface area contributed by atoms with Gasteiger partial charge in [-0.05, 0) is 66.0 Å². The van der Waals surface area contributed by atoms with Crippen LogP contribution in [0.4, 0.5) is 5.82 Å². The van der Waals surface area contributed by atoms with Gasteiger partial charge in [-0.25, -0.2) is 14.6 Å². The number of likely N-dealkylation sites (N-methyl/N-ethyl adjacent to an activating group) is 1. The molecule has 0 spiro atoms. The van der Waals surface area contributed by atoms with Gasteiger partial charge >= 0.3 is 0 Å². The van der Waals surface area contributed by atoms with Crippen molar-refractivity contribution < 1.29 is 9.21 Å². The Balaban J connectivity index is 0.00000204. The molecule has 1 aliphatic heterocycles. The number of hydrogen-bond donors (Lipinski definition) is 1. The molecule has 0 radical (unpaired) electrons. The molecule has 12 heteroatoms. The maximum absolute atomic E-state index is 12.7. The molecule has 1 N–H and O–H groups in total. The van der Waals surface area contributed by atoms with Crippen molar-refractivity contribution in [3.63, 3.8) is 0 Å². The van der Waals surface area contributed by atoms with Crippen molar-refractivity contribution in [1.82, 2.24) is 29.5 Å². The van der Waals surface area contributed by atoms with E-state index in [4.69, 9.17) is 4.42 Å². The van der Waals surface area contributed by atoms with Crippen molar-refractivity contribution >= 4 is 48.9 Å². The smallest absolute Gasteiger partial charge is 0.226 e. The van der Waals surface area contributed by atoms with Crippen molar-refractivity contribution in [3.05, 3.63) is 41.4 Å². The largest absolute Gasteiger partial charge is 0.458 e. The Morgan fingerprint density at radius 1 is 1.14 bits per heavy atom. The first kappa shape index (κ1) is 30.9. The first-order chi connectivity index (χ1) is 15.3. The third-order valence-electron chi connectivity index (χ3n) is 5.80. The predicted molar refractivity (Wildman–Crippen MR) is 145 cm³/mol. The third kappa shape index (κ3) is 7.65. The summed E-state index contributed by atoms with van der Waals surface area (Å²) in [6, 6.07) is 7.98. The number of furan rings is 1. The molecule has 1 saturated heterocycles. The highest BCUT2D eigenvalue weighted by Gasteiger charge is 2.24. The minimum atomic E-state index is -0.0714. The second-order valence-corrected chi connectivity index (χ2v) is 8.69. The molecule has 1 fully saturated rings. The van der Waals surface area contributed by atoms with Crippen LogP contribution in [0.3, 0.4) is 0 Å². The topological polar surface area (TPSA) is 92.3 Å². The number of hydrogen-bond acceptors (Lipinski definition) is 7. The summed E-state index contributed by atoms with van der Waals surface area (Å²) in [5.74, 6) is 2.67. The molecule has 1 amide bonds. The molecule has 4 rings (SSSR count). The lowest BCUT2D eigenvalue weighted by atomic mass is 10.2. The zero-order valence-electron chi connectivity index (χ0n) is 20.6. The number of anilines is 1. The van der Waals surface area contributed by atoms with E-state index in [2.05, 4.69) is 44.3 Å². The van der Waals surface area contributed by atoms with Gasteiger partial charge in [0.1, 0.15) is 11.6 Å². The first-order valence-corrected chi connectivity index (χ1v) is 11.0. The van der Waals surface area contributed by atoms with E-state index >= 15 is 0 Å². The molecule has 0 unspecified atom stereocenters. The Morgan fingerprint density at radius 2 is 1.89 bits per heavy atom. The standard InChI is InChI=1S/C23H31N7O2.3ClH/c1-15-12-16(2)30(27-15)21-13-20(25-23(26-21)19-7-6-17(3)32-19)24-22(31)9-11-29-10-8-18(14-29)28(4)5;;;/h6-7,12-13,18H,8-11,14H2,1-5H3,(H,24,25,26,31);3*1H/t18-;;;/m0.../s1. The molecule has 0 saturated carbocycles. The summed E-state index contributed by atoms with van der Waals surface area (Å²) in [7, 11) is 4.21. The van der Waals surface area contributed by atoms with Crippen LogP contribution >= 0.6 is 37.2 Å². The van der Waals surface area contributed by atoms with E-state index < -0.39 is 0 Å². The fourth-order valence-electron chi connectivity index (χ4n) is 4.03. The minimum Gasteiger partial charge on any atom is -0.458 e. The summed E-state index contributed by atoms with van der Waals surface area (Å²) in [4.78, 5) is 26.5. The SMILES string of the molecule is Cc1cc(C)n(-c2cc(NC(=O)CCN3CC[C@H](N(C)C)C3)nc(-c3ccc(C)o3)n2)n1.Cl.Cl.Cl. The molecule has 194 valence electrons. The number of nitrogens with zero attached hydrogens (tertiary/aromatic N) is 6. The number of aryl methyl sites for hydroxylation is 3.